The number of aromatic amines is 1. The van der Waals surface area contributed by atoms with Gasteiger partial charge in [0.1, 0.15) is 4.47 Å². The molecule has 5 nitrogen and oxygen atoms in total. The zero-order chi connectivity index (χ0) is 12.7. The Morgan fingerprint density at radius 1 is 1.39 bits per heavy atom. The number of carbonyl (C=O) groups is 1. The van der Waals surface area contributed by atoms with Gasteiger partial charge in [-0.1, -0.05) is 23.4 Å². The number of hydrogen-bond acceptors (Lipinski definition) is 3. The average Bonchev–Trinajstić information content (AvgIpc) is 2.92. The minimum atomic E-state index is -1.13. The Labute approximate surface area is 110 Å². The van der Waals surface area contributed by atoms with Crippen LogP contribution in [0, 0.1) is 0 Å². The van der Waals surface area contributed by atoms with Crippen molar-refractivity contribution in [2.45, 2.75) is 0 Å². The molecule has 18 heavy (non-hydrogen) atoms. The summed E-state index contributed by atoms with van der Waals surface area (Å²) in [4.78, 5) is 14.0. The van der Waals surface area contributed by atoms with Gasteiger partial charge in [-0.05, 0) is 22.0 Å². The number of carboxylic acid groups (broad SMARTS) is 1. The lowest BCUT2D eigenvalue weighted by Crippen LogP contribution is -1.96. The lowest BCUT2D eigenvalue weighted by Gasteiger charge is -1.94. The summed E-state index contributed by atoms with van der Waals surface area (Å²) in [5.74, 6) is -0.721. The molecule has 3 aromatic rings. The van der Waals surface area contributed by atoms with Crippen LogP contribution in [0.15, 0.2) is 39.5 Å². The summed E-state index contributed by atoms with van der Waals surface area (Å²) in [5.41, 5.74) is 1.60. The third kappa shape index (κ3) is 1.53. The van der Waals surface area contributed by atoms with Crippen LogP contribution in [0.2, 0.25) is 0 Å². The fraction of sp³-hybridized carbons (Fsp3) is 0. The highest BCUT2D eigenvalue weighted by Gasteiger charge is 2.22. The number of fused-ring (bicyclic) bond motifs is 1. The summed E-state index contributed by atoms with van der Waals surface area (Å²) in [6.07, 6.45) is 1.77. The van der Waals surface area contributed by atoms with Crippen molar-refractivity contribution in [2.24, 2.45) is 0 Å². The van der Waals surface area contributed by atoms with Crippen LogP contribution in [-0.4, -0.2) is 21.2 Å². The maximum absolute atomic E-state index is 10.9. The number of hydrogen-bond donors (Lipinski definition) is 2. The van der Waals surface area contributed by atoms with Gasteiger partial charge in [0.25, 0.3) is 0 Å². The van der Waals surface area contributed by atoms with Crippen molar-refractivity contribution >= 4 is 32.8 Å². The molecule has 2 heterocycles. The maximum atomic E-state index is 10.9. The molecule has 0 saturated heterocycles. The van der Waals surface area contributed by atoms with E-state index >= 15 is 0 Å². The molecule has 0 bridgehead atoms. The van der Waals surface area contributed by atoms with Crippen LogP contribution in [-0.2, 0) is 0 Å². The van der Waals surface area contributed by atoms with Gasteiger partial charge in [-0.3, -0.25) is 0 Å². The van der Waals surface area contributed by atoms with Gasteiger partial charge < -0.3 is 14.6 Å². The summed E-state index contributed by atoms with van der Waals surface area (Å²) < 4.78 is 5.46. The van der Waals surface area contributed by atoms with Gasteiger partial charge in [-0.15, -0.1) is 0 Å². The zero-order valence-electron chi connectivity index (χ0n) is 8.98. The van der Waals surface area contributed by atoms with E-state index in [-0.39, 0.29) is 5.69 Å². The van der Waals surface area contributed by atoms with Crippen LogP contribution in [0.4, 0.5) is 0 Å². The van der Waals surface area contributed by atoms with Crippen LogP contribution in [0.1, 0.15) is 10.5 Å². The molecule has 0 fully saturated rings. The van der Waals surface area contributed by atoms with Crippen molar-refractivity contribution in [3.8, 4) is 11.3 Å². The molecule has 3 rings (SSSR count). The highest BCUT2D eigenvalue weighted by molar-refractivity contribution is 9.10. The molecular formula is C12H7BrN2O3. The molecule has 0 aliphatic rings. The maximum Gasteiger partial charge on any atom is 0.359 e. The van der Waals surface area contributed by atoms with E-state index in [2.05, 4.69) is 26.1 Å². The molecule has 0 atom stereocenters. The second-order valence-corrected chi connectivity index (χ2v) is 4.52. The number of aromatic nitrogens is 2. The smallest absolute Gasteiger partial charge is 0.359 e. The third-order valence-electron chi connectivity index (χ3n) is 2.67. The number of halogens is 1. The minimum absolute atomic E-state index is 0.129. The van der Waals surface area contributed by atoms with E-state index in [1.54, 1.807) is 6.20 Å². The summed E-state index contributed by atoms with van der Waals surface area (Å²) in [6.45, 7) is 0. The first-order valence-corrected chi connectivity index (χ1v) is 5.92. The molecule has 2 aromatic heterocycles. The number of rotatable bonds is 2. The number of aromatic carboxylic acids is 1. The second kappa shape index (κ2) is 3.99. The van der Waals surface area contributed by atoms with Crippen LogP contribution < -0.4 is 0 Å². The van der Waals surface area contributed by atoms with Crippen molar-refractivity contribution in [2.75, 3.05) is 0 Å². The lowest BCUT2D eigenvalue weighted by molar-refractivity contribution is 0.0685. The number of carboxylic acids is 1. The van der Waals surface area contributed by atoms with Crippen molar-refractivity contribution in [3.63, 3.8) is 0 Å². The van der Waals surface area contributed by atoms with E-state index in [0.717, 1.165) is 16.5 Å². The molecule has 0 saturated carbocycles. The molecule has 0 unspecified atom stereocenters. The van der Waals surface area contributed by atoms with E-state index in [9.17, 15) is 4.79 Å². The number of nitrogens with one attached hydrogen (secondary N) is 1. The Bertz CT molecular complexity index is 745. The summed E-state index contributed by atoms with van der Waals surface area (Å²) >= 11 is 3.21. The number of H-pyrrole nitrogens is 1. The average molecular weight is 307 g/mol. The summed E-state index contributed by atoms with van der Waals surface area (Å²) in [7, 11) is 0. The van der Waals surface area contributed by atoms with E-state index in [1.807, 2.05) is 24.3 Å². The van der Waals surface area contributed by atoms with Crippen molar-refractivity contribution in [1.82, 2.24) is 10.1 Å². The van der Waals surface area contributed by atoms with E-state index in [4.69, 9.17) is 9.63 Å². The predicted octanol–water partition coefficient (Wildman–Crippen LogP) is 3.28. The van der Waals surface area contributed by atoms with Crippen LogP contribution in [0.5, 0.6) is 0 Å². The first-order valence-electron chi connectivity index (χ1n) is 5.13. The first-order chi connectivity index (χ1) is 8.68. The van der Waals surface area contributed by atoms with Gasteiger partial charge in [0.2, 0.25) is 5.69 Å². The molecule has 0 radical (unpaired) electrons. The monoisotopic (exact) mass is 306 g/mol. The number of para-hydroxylation sites is 1. The first kappa shape index (κ1) is 11.0. The standard InChI is InChI=1S/C12H7BrN2O3/c13-9-10(12(16)17)15-18-11(9)7-5-14-8-4-2-1-3-6(7)8/h1-5,14H,(H,16,17). The number of nitrogens with zero attached hydrogens (tertiary/aromatic N) is 1. The van der Waals surface area contributed by atoms with E-state index in [1.165, 1.54) is 0 Å². The highest BCUT2D eigenvalue weighted by atomic mass is 79.9. The fourth-order valence-corrected chi connectivity index (χ4v) is 2.37. The Morgan fingerprint density at radius 2 is 2.17 bits per heavy atom. The zero-order valence-corrected chi connectivity index (χ0v) is 10.6. The van der Waals surface area contributed by atoms with Crippen LogP contribution in [0.3, 0.4) is 0 Å². The highest BCUT2D eigenvalue weighted by Crippen LogP contribution is 2.35. The molecule has 0 spiro atoms. The largest absolute Gasteiger partial charge is 0.476 e. The van der Waals surface area contributed by atoms with Gasteiger partial charge in [0.15, 0.2) is 5.76 Å². The molecule has 1 aromatic carbocycles. The quantitative estimate of drug-likeness (QED) is 0.761. The van der Waals surface area contributed by atoms with Gasteiger partial charge in [-0.25, -0.2) is 4.79 Å². The van der Waals surface area contributed by atoms with Crippen molar-refractivity contribution in [1.29, 1.82) is 0 Å². The Kier molecular flexibility index (Phi) is 2.45. The van der Waals surface area contributed by atoms with Gasteiger partial charge in [0, 0.05) is 22.7 Å². The van der Waals surface area contributed by atoms with Crippen LogP contribution in [0.25, 0.3) is 22.2 Å². The van der Waals surface area contributed by atoms with E-state index < -0.39 is 5.97 Å². The van der Waals surface area contributed by atoms with Crippen molar-refractivity contribution in [3.05, 3.63) is 40.6 Å². The minimum Gasteiger partial charge on any atom is -0.476 e. The molecule has 2 N–H and O–H groups in total. The topological polar surface area (TPSA) is 79.1 Å². The SMILES string of the molecule is O=C(O)c1noc(-c2c[nH]c3ccccc23)c1Br. The molecule has 90 valence electrons. The predicted molar refractivity (Wildman–Crippen MR) is 68.5 cm³/mol. The summed E-state index contributed by atoms with van der Waals surface area (Å²) in [6, 6.07) is 7.68. The Hall–Kier alpha value is -2.08. The molecule has 0 amide bonds. The molecule has 0 aliphatic heterocycles. The van der Waals surface area contributed by atoms with Crippen molar-refractivity contribution < 1.29 is 14.4 Å². The van der Waals surface area contributed by atoms with Gasteiger partial charge in [-0.2, -0.15) is 0 Å². The Balaban J connectivity index is 2.24. The Morgan fingerprint density at radius 3 is 2.89 bits per heavy atom. The lowest BCUT2D eigenvalue weighted by atomic mass is 10.1. The van der Waals surface area contributed by atoms with Gasteiger partial charge in [0.05, 0.1) is 0 Å². The third-order valence-corrected chi connectivity index (χ3v) is 3.41. The molecule has 6 heteroatoms. The molecular weight excluding hydrogens is 300 g/mol. The van der Waals surface area contributed by atoms with Gasteiger partial charge >= 0.3 is 5.97 Å². The fourth-order valence-electron chi connectivity index (χ4n) is 1.84. The summed E-state index contributed by atoms with van der Waals surface area (Å²) in [5, 5.41) is 13.4. The second-order valence-electron chi connectivity index (χ2n) is 3.73. The van der Waals surface area contributed by atoms with E-state index in [0.29, 0.717) is 10.2 Å². The van der Waals surface area contributed by atoms with Crippen LogP contribution >= 0.6 is 15.9 Å². The molecule has 0 aliphatic carbocycles. The normalized spacial score (nSPS) is 10.9. The number of benzene rings is 1.